The maximum absolute atomic E-state index is 14.3. The highest BCUT2D eigenvalue weighted by molar-refractivity contribution is 6.30. The van der Waals surface area contributed by atoms with E-state index in [0.29, 0.717) is 47.0 Å². The van der Waals surface area contributed by atoms with Crippen molar-refractivity contribution in [1.82, 2.24) is 4.98 Å². The highest BCUT2D eigenvalue weighted by atomic mass is 35.5. The second-order valence-corrected chi connectivity index (χ2v) is 6.63. The molecule has 3 aromatic rings. The Balaban J connectivity index is 2.10. The molecule has 0 saturated heterocycles. The normalized spacial score (nSPS) is 10.5. The lowest BCUT2D eigenvalue weighted by molar-refractivity contribution is 0.295. The summed E-state index contributed by atoms with van der Waals surface area (Å²) in [7, 11) is 1.52. The van der Waals surface area contributed by atoms with E-state index in [-0.39, 0.29) is 16.3 Å². The van der Waals surface area contributed by atoms with Gasteiger partial charge in [-0.2, -0.15) is 5.26 Å². The highest BCUT2D eigenvalue weighted by Gasteiger charge is 2.15. The number of benzene rings is 2. The Morgan fingerprint density at radius 2 is 2.07 bits per heavy atom. The molecule has 3 rings (SSSR count). The van der Waals surface area contributed by atoms with Crippen LogP contribution in [0, 0.1) is 17.1 Å². The SMILES string of the molecule is COc1cc2c(Nc3ccc(Cl)cc3F)c(C#N)cnc2cc1OCCCCl. The summed E-state index contributed by atoms with van der Waals surface area (Å²) in [5, 5.41) is 13.3. The summed E-state index contributed by atoms with van der Waals surface area (Å²) >= 11 is 11.5. The number of nitrogens with zero attached hydrogens (tertiary/aromatic N) is 2. The lowest BCUT2D eigenvalue weighted by Crippen LogP contribution is -2.02. The van der Waals surface area contributed by atoms with Gasteiger partial charge in [0, 0.05) is 28.6 Å². The number of fused-ring (bicyclic) bond motifs is 1. The third-order valence-electron chi connectivity index (χ3n) is 4.00. The van der Waals surface area contributed by atoms with Gasteiger partial charge in [-0.25, -0.2) is 4.39 Å². The summed E-state index contributed by atoms with van der Waals surface area (Å²) < 4.78 is 25.4. The second-order valence-electron chi connectivity index (χ2n) is 5.82. The summed E-state index contributed by atoms with van der Waals surface area (Å²) in [6.07, 6.45) is 2.11. The number of hydrogen-bond donors (Lipinski definition) is 1. The molecule has 0 amide bonds. The Bertz CT molecular complexity index is 1050. The number of halogens is 3. The molecule has 0 aliphatic carbocycles. The Hall–Kier alpha value is -2.75. The van der Waals surface area contributed by atoms with Crippen LogP contribution in [-0.4, -0.2) is 24.6 Å². The molecule has 0 radical (unpaired) electrons. The maximum Gasteiger partial charge on any atom is 0.163 e. The number of nitriles is 1. The summed E-state index contributed by atoms with van der Waals surface area (Å²) in [6.45, 7) is 0.433. The fraction of sp³-hybridized carbons (Fsp3) is 0.200. The minimum absolute atomic E-state index is 0.190. The van der Waals surface area contributed by atoms with Gasteiger partial charge < -0.3 is 14.8 Å². The fourth-order valence-electron chi connectivity index (χ4n) is 2.65. The first-order valence-electron chi connectivity index (χ1n) is 8.39. The van der Waals surface area contributed by atoms with Crippen molar-refractivity contribution in [3.05, 3.63) is 52.9 Å². The van der Waals surface area contributed by atoms with Crippen LogP contribution in [0.3, 0.4) is 0 Å². The lowest BCUT2D eigenvalue weighted by Gasteiger charge is -2.15. The van der Waals surface area contributed by atoms with Crippen LogP contribution in [0.5, 0.6) is 11.5 Å². The molecule has 0 spiro atoms. The Morgan fingerprint density at radius 3 is 2.75 bits per heavy atom. The van der Waals surface area contributed by atoms with E-state index in [2.05, 4.69) is 16.4 Å². The number of pyridine rings is 1. The lowest BCUT2D eigenvalue weighted by atomic mass is 10.1. The average molecular weight is 420 g/mol. The topological polar surface area (TPSA) is 67.2 Å². The van der Waals surface area contributed by atoms with Gasteiger partial charge in [0.25, 0.3) is 0 Å². The Kier molecular flexibility index (Phi) is 6.40. The minimum atomic E-state index is -0.533. The van der Waals surface area contributed by atoms with Crippen molar-refractivity contribution in [1.29, 1.82) is 5.26 Å². The molecule has 28 heavy (non-hydrogen) atoms. The molecule has 8 heteroatoms. The van der Waals surface area contributed by atoms with Crippen LogP contribution in [0.15, 0.2) is 36.5 Å². The van der Waals surface area contributed by atoms with E-state index in [1.165, 1.54) is 25.4 Å². The zero-order chi connectivity index (χ0) is 20.1. The van der Waals surface area contributed by atoms with Crippen LogP contribution in [0.25, 0.3) is 10.9 Å². The van der Waals surface area contributed by atoms with Crippen molar-refractivity contribution in [2.24, 2.45) is 0 Å². The molecule has 1 heterocycles. The molecular weight excluding hydrogens is 404 g/mol. The Labute approximate surface area is 171 Å². The predicted molar refractivity (Wildman–Crippen MR) is 109 cm³/mol. The van der Waals surface area contributed by atoms with Crippen LogP contribution in [0.1, 0.15) is 12.0 Å². The smallest absolute Gasteiger partial charge is 0.163 e. The van der Waals surface area contributed by atoms with Crippen molar-refractivity contribution < 1.29 is 13.9 Å². The molecule has 144 valence electrons. The standard InChI is InChI=1S/C20H16Cl2FN3O2/c1-27-18-8-14-17(9-19(18)28-6-2-5-21)25-11-12(10-24)20(14)26-16-4-3-13(22)7-15(16)23/h3-4,7-9,11H,2,5-6H2,1H3,(H,25,26). The summed E-state index contributed by atoms with van der Waals surface area (Å²) in [4.78, 5) is 4.32. The van der Waals surface area contributed by atoms with Gasteiger partial charge in [-0.3, -0.25) is 4.98 Å². The third kappa shape index (κ3) is 4.22. The molecule has 0 atom stereocenters. The van der Waals surface area contributed by atoms with Gasteiger partial charge in [-0.05, 0) is 30.7 Å². The van der Waals surface area contributed by atoms with E-state index in [4.69, 9.17) is 32.7 Å². The number of anilines is 2. The molecule has 0 aliphatic heterocycles. The minimum Gasteiger partial charge on any atom is -0.493 e. The summed E-state index contributed by atoms with van der Waals surface area (Å²) in [6, 6.07) is 9.76. The zero-order valence-electron chi connectivity index (χ0n) is 14.9. The van der Waals surface area contributed by atoms with Crippen LogP contribution in [-0.2, 0) is 0 Å². The first kappa shape index (κ1) is 20.0. The van der Waals surface area contributed by atoms with Gasteiger partial charge in [0.1, 0.15) is 11.9 Å². The number of hydrogen-bond acceptors (Lipinski definition) is 5. The maximum atomic E-state index is 14.3. The predicted octanol–water partition coefficient (Wildman–Crippen LogP) is 5.66. The highest BCUT2D eigenvalue weighted by Crippen LogP contribution is 2.37. The van der Waals surface area contributed by atoms with Crippen molar-refractivity contribution in [2.45, 2.75) is 6.42 Å². The summed E-state index contributed by atoms with van der Waals surface area (Å²) in [5.41, 5.74) is 1.44. The van der Waals surface area contributed by atoms with Gasteiger partial charge >= 0.3 is 0 Å². The molecule has 0 saturated carbocycles. The van der Waals surface area contributed by atoms with Crippen molar-refractivity contribution in [3.8, 4) is 17.6 Å². The van der Waals surface area contributed by atoms with E-state index in [1.807, 2.05) is 0 Å². The number of aromatic nitrogens is 1. The number of nitrogens with one attached hydrogen (secondary N) is 1. The van der Waals surface area contributed by atoms with E-state index in [1.54, 1.807) is 18.2 Å². The second kappa shape index (κ2) is 8.96. The van der Waals surface area contributed by atoms with Gasteiger partial charge in [0.15, 0.2) is 11.5 Å². The number of methoxy groups -OCH3 is 1. The molecule has 0 aliphatic rings. The van der Waals surface area contributed by atoms with E-state index >= 15 is 0 Å². The molecule has 2 aromatic carbocycles. The molecule has 1 N–H and O–H groups in total. The van der Waals surface area contributed by atoms with Gasteiger partial charge in [0.05, 0.1) is 36.2 Å². The van der Waals surface area contributed by atoms with E-state index in [9.17, 15) is 9.65 Å². The Morgan fingerprint density at radius 1 is 1.25 bits per heavy atom. The van der Waals surface area contributed by atoms with Crippen LogP contribution < -0.4 is 14.8 Å². The molecule has 0 fully saturated rings. The van der Waals surface area contributed by atoms with Crippen LogP contribution in [0.4, 0.5) is 15.8 Å². The third-order valence-corrected chi connectivity index (χ3v) is 4.50. The van der Waals surface area contributed by atoms with Crippen molar-refractivity contribution >= 4 is 45.5 Å². The van der Waals surface area contributed by atoms with E-state index in [0.717, 1.165) is 0 Å². The number of ether oxygens (including phenoxy) is 2. The molecule has 5 nitrogen and oxygen atoms in total. The molecule has 0 bridgehead atoms. The van der Waals surface area contributed by atoms with Crippen LogP contribution in [0.2, 0.25) is 5.02 Å². The molecule has 1 aromatic heterocycles. The number of alkyl halides is 1. The van der Waals surface area contributed by atoms with Crippen LogP contribution >= 0.6 is 23.2 Å². The summed E-state index contributed by atoms with van der Waals surface area (Å²) in [5.74, 6) is 0.939. The van der Waals surface area contributed by atoms with Crippen molar-refractivity contribution in [3.63, 3.8) is 0 Å². The number of rotatable bonds is 7. The molecule has 0 unspecified atom stereocenters. The zero-order valence-corrected chi connectivity index (χ0v) is 16.4. The van der Waals surface area contributed by atoms with E-state index < -0.39 is 5.82 Å². The molecular formula is C20H16Cl2FN3O2. The van der Waals surface area contributed by atoms with Gasteiger partial charge in [-0.15, -0.1) is 11.6 Å². The fourth-order valence-corrected chi connectivity index (χ4v) is 2.92. The first-order valence-corrected chi connectivity index (χ1v) is 9.30. The van der Waals surface area contributed by atoms with Crippen molar-refractivity contribution in [2.75, 3.05) is 24.9 Å². The average Bonchev–Trinajstić information content (AvgIpc) is 2.69. The first-order chi connectivity index (χ1) is 13.6. The van der Waals surface area contributed by atoms with Gasteiger partial charge in [0.2, 0.25) is 0 Å². The monoisotopic (exact) mass is 419 g/mol. The van der Waals surface area contributed by atoms with Gasteiger partial charge in [-0.1, -0.05) is 11.6 Å². The quantitative estimate of drug-likeness (QED) is 0.395. The largest absolute Gasteiger partial charge is 0.493 e.